The second-order valence-corrected chi connectivity index (χ2v) is 9.63. The molecule has 0 saturated heterocycles. The zero-order valence-electron chi connectivity index (χ0n) is 16.5. The molecule has 27 heavy (non-hydrogen) atoms. The lowest BCUT2D eigenvalue weighted by atomic mass is 9.84. The standard InChI is InChI=1S/C21H29N3O2S/c1-11(17-9-14-4-5-16(17)8-14)22-18(26)10-27-21-19(13(3)25)12(2)23-20(24-21)15-6-7-15/h11,14-17H,4-10H2,1-3H3,(H,22,26). The van der Waals surface area contributed by atoms with Crippen LogP contribution in [-0.2, 0) is 4.79 Å². The maximum absolute atomic E-state index is 12.5. The topological polar surface area (TPSA) is 72.0 Å². The van der Waals surface area contributed by atoms with Gasteiger partial charge in [-0.05, 0) is 70.6 Å². The monoisotopic (exact) mass is 387 g/mol. The first-order valence-corrected chi connectivity index (χ1v) is 11.2. The summed E-state index contributed by atoms with van der Waals surface area (Å²) >= 11 is 1.37. The predicted octanol–water partition coefficient (Wildman–Crippen LogP) is 3.90. The maximum Gasteiger partial charge on any atom is 0.230 e. The number of ketones is 1. The molecular weight excluding hydrogens is 358 g/mol. The van der Waals surface area contributed by atoms with Gasteiger partial charge in [0.2, 0.25) is 5.91 Å². The summed E-state index contributed by atoms with van der Waals surface area (Å²) in [6.45, 7) is 5.56. The minimum atomic E-state index is -0.0342. The van der Waals surface area contributed by atoms with Crippen LogP contribution >= 0.6 is 11.8 Å². The van der Waals surface area contributed by atoms with Crippen molar-refractivity contribution in [2.24, 2.45) is 17.8 Å². The molecule has 3 aliphatic carbocycles. The molecule has 146 valence electrons. The van der Waals surface area contributed by atoms with Gasteiger partial charge in [0.25, 0.3) is 0 Å². The summed E-state index contributed by atoms with van der Waals surface area (Å²) in [5, 5.41) is 3.87. The largest absolute Gasteiger partial charge is 0.353 e. The number of fused-ring (bicyclic) bond motifs is 2. The van der Waals surface area contributed by atoms with E-state index in [0.29, 0.717) is 28.2 Å². The van der Waals surface area contributed by atoms with Crippen LogP contribution in [0.4, 0.5) is 0 Å². The average molecular weight is 388 g/mol. The lowest BCUT2D eigenvalue weighted by Gasteiger charge is -2.28. The molecule has 0 spiro atoms. The van der Waals surface area contributed by atoms with Gasteiger partial charge in [-0.3, -0.25) is 9.59 Å². The van der Waals surface area contributed by atoms with Crippen LogP contribution in [0.5, 0.6) is 0 Å². The summed E-state index contributed by atoms with van der Waals surface area (Å²) in [5.41, 5.74) is 1.30. The molecule has 3 saturated carbocycles. The van der Waals surface area contributed by atoms with Gasteiger partial charge in [0.05, 0.1) is 17.0 Å². The number of aromatic nitrogens is 2. The number of rotatable bonds is 7. The Morgan fingerprint density at radius 2 is 1.96 bits per heavy atom. The van der Waals surface area contributed by atoms with Crippen LogP contribution in [0.15, 0.2) is 5.03 Å². The number of amides is 1. The Morgan fingerprint density at radius 1 is 1.19 bits per heavy atom. The summed E-state index contributed by atoms with van der Waals surface area (Å²) in [4.78, 5) is 33.7. The number of carbonyl (C=O) groups excluding carboxylic acids is 2. The first-order valence-electron chi connectivity index (χ1n) is 10.2. The van der Waals surface area contributed by atoms with E-state index < -0.39 is 0 Å². The van der Waals surface area contributed by atoms with E-state index in [4.69, 9.17) is 0 Å². The fourth-order valence-corrected chi connectivity index (χ4v) is 5.99. The summed E-state index contributed by atoms with van der Waals surface area (Å²) in [7, 11) is 0. The van der Waals surface area contributed by atoms with Gasteiger partial charge in [0.15, 0.2) is 5.78 Å². The third kappa shape index (κ3) is 4.05. The van der Waals surface area contributed by atoms with Crippen molar-refractivity contribution in [3.63, 3.8) is 0 Å². The van der Waals surface area contributed by atoms with Gasteiger partial charge in [0, 0.05) is 12.0 Å². The number of aryl methyl sites for hydroxylation is 1. The fourth-order valence-electron chi connectivity index (χ4n) is 5.04. The predicted molar refractivity (Wildman–Crippen MR) is 106 cm³/mol. The number of Topliss-reactive ketones (excluding diaryl/α,β-unsaturated/α-hetero) is 1. The van der Waals surface area contributed by atoms with Gasteiger partial charge in [-0.2, -0.15) is 0 Å². The van der Waals surface area contributed by atoms with E-state index in [1.165, 1.54) is 37.4 Å². The van der Waals surface area contributed by atoms with Crippen LogP contribution < -0.4 is 5.32 Å². The van der Waals surface area contributed by atoms with Gasteiger partial charge < -0.3 is 5.32 Å². The summed E-state index contributed by atoms with van der Waals surface area (Å²) in [6, 6.07) is 0.231. The van der Waals surface area contributed by atoms with Crippen molar-refractivity contribution in [1.82, 2.24) is 15.3 Å². The molecular formula is C21H29N3O2S. The lowest BCUT2D eigenvalue weighted by Crippen LogP contribution is -2.40. The quantitative estimate of drug-likeness (QED) is 0.436. The normalized spacial score (nSPS) is 27.6. The number of nitrogens with one attached hydrogen (secondary N) is 1. The van der Waals surface area contributed by atoms with Crippen molar-refractivity contribution in [2.75, 3.05) is 5.75 Å². The third-order valence-corrected chi connectivity index (χ3v) is 7.51. The Hall–Kier alpha value is -1.43. The van der Waals surface area contributed by atoms with Crippen LogP contribution in [0.25, 0.3) is 0 Å². The van der Waals surface area contributed by atoms with E-state index in [0.717, 1.165) is 36.2 Å². The Bertz CT molecular complexity index is 762. The molecule has 0 aliphatic heterocycles. The molecule has 4 atom stereocenters. The van der Waals surface area contributed by atoms with E-state index >= 15 is 0 Å². The first-order chi connectivity index (χ1) is 12.9. The molecule has 1 aromatic heterocycles. The van der Waals surface area contributed by atoms with Crippen molar-refractivity contribution in [3.05, 3.63) is 17.1 Å². The van der Waals surface area contributed by atoms with Gasteiger partial charge in [-0.1, -0.05) is 18.2 Å². The highest BCUT2D eigenvalue weighted by molar-refractivity contribution is 8.00. The van der Waals surface area contributed by atoms with Crippen LogP contribution in [-0.4, -0.2) is 33.5 Å². The zero-order chi connectivity index (χ0) is 19.1. The molecule has 3 aliphatic rings. The van der Waals surface area contributed by atoms with Gasteiger partial charge >= 0.3 is 0 Å². The van der Waals surface area contributed by atoms with Gasteiger partial charge in [-0.25, -0.2) is 9.97 Å². The highest BCUT2D eigenvalue weighted by Gasteiger charge is 2.42. The van der Waals surface area contributed by atoms with E-state index in [1.54, 1.807) is 6.92 Å². The molecule has 4 rings (SSSR count). The van der Waals surface area contributed by atoms with Gasteiger partial charge in [0.1, 0.15) is 10.9 Å². The smallest absolute Gasteiger partial charge is 0.230 e. The molecule has 3 fully saturated rings. The van der Waals surface area contributed by atoms with Crippen LogP contribution in [0.3, 0.4) is 0 Å². The first kappa shape index (κ1) is 18.9. The zero-order valence-corrected chi connectivity index (χ0v) is 17.3. The number of hydrogen-bond acceptors (Lipinski definition) is 5. The number of hydrogen-bond donors (Lipinski definition) is 1. The molecule has 2 bridgehead atoms. The highest BCUT2D eigenvalue weighted by atomic mass is 32.2. The Morgan fingerprint density at radius 3 is 2.56 bits per heavy atom. The van der Waals surface area contributed by atoms with Crippen LogP contribution in [0.2, 0.25) is 0 Å². The van der Waals surface area contributed by atoms with E-state index in [9.17, 15) is 9.59 Å². The van der Waals surface area contributed by atoms with Crippen LogP contribution in [0.1, 0.15) is 80.2 Å². The molecule has 0 aromatic carbocycles. The van der Waals surface area contributed by atoms with Crippen molar-refractivity contribution >= 4 is 23.5 Å². The van der Waals surface area contributed by atoms with Crippen LogP contribution in [0, 0.1) is 24.7 Å². The van der Waals surface area contributed by atoms with Crippen molar-refractivity contribution < 1.29 is 9.59 Å². The summed E-state index contributed by atoms with van der Waals surface area (Å²) < 4.78 is 0. The van der Waals surface area contributed by atoms with Gasteiger partial charge in [-0.15, -0.1) is 0 Å². The SMILES string of the molecule is CC(=O)c1c(C)nc(C2CC2)nc1SCC(=O)NC(C)C1CC2CCC1C2. The van der Waals surface area contributed by atoms with Crippen molar-refractivity contribution in [1.29, 1.82) is 0 Å². The second kappa shape index (κ2) is 7.53. The number of nitrogens with zero attached hydrogens (tertiary/aromatic N) is 2. The maximum atomic E-state index is 12.5. The lowest BCUT2D eigenvalue weighted by molar-refractivity contribution is -0.119. The molecule has 1 aromatic rings. The Kier molecular flexibility index (Phi) is 5.28. The Balaban J connectivity index is 1.39. The van der Waals surface area contributed by atoms with Crippen molar-refractivity contribution in [2.45, 2.75) is 76.3 Å². The third-order valence-electron chi connectivity index (χ3n) is 6.53. The van der Waals surface area contributed by atoms with E-state index in [2.05, 4.69) is 22.2 Å². The summed E-state index contributed by atoms with van der Waals surface area (Å²) in [6.07, 6.45) is 7.56. The van der Waals surface area contributed by atoms with E-state index in [-0.39, 0.29) is 17.7 Å². The molecule has 0 radical (unpaired) electrons. The number of carbonyl (C=O) groups is 2. The molecule has 1 N–H and O–H groups in total. The van der Waals surface area contributed by atoms with Crippen molar-refractivity contribution in [3.8, 4) is 0 Å². The second-order valence-electron chi connectivity index (χ2n) is 8.66. The summed E-state index contributed by atoms with van der Waals surface area (Å²) in [5.74, 6) is 3.87. The number of thioether (sulfide) groups is 1. The minimum absolute atomic E-state index is 0.0342. The Labute approximate surface area is 165 Å². The molecule has 1 amide bonds. The van der Waals surface area contributed by atoms with E-state index in [1.807, 2.05) is 6.92 Å². The average Bonchev–Trinajstić information content (AvgIpc) is 3.25. The molecule has 4 unspecified atom stereocenters. The molecule has 1 heterocycles. The fraction of sp³-hybridized carbons (Fsp3) is 0.714. The molecule has 5 nitrogen and oxygen atoms in total. The molecule has 6 heteroatoms. The highest BCUT2D eigenvalue weighted by Crippen LogP contribution is 2.49. The minimum Gasteiger partial charge on any atom is -0.353 e.